The molecule has 5 nitrogen and oxygen atoms in total. The molecule has 0 amide bonds. The van der Waals surface area contributed by atoms with Gasteiger partial charge in [0.15, 0.2) is 17.8 Å². The standard InChI is InChI=1S/C15H13NO4/c17-9-11-7-14-15(20-10-19-14)8-13(11)18-6-4-12-3-1-2-5-16-12/h1-3,5,7-9H,4,6,10H2. The molecule has 3 rings (SSSR count). The van der Waals surface area contributed by atoms with Crippen LogP contribution in [0.2, 0.25) is 0 Å². The minimum Gasteiger partial charge on any atom is -0.492 e. The molecule has 1 aromatic carbocycles. The van der Waals surface area contributed by atoms with Crippen LogP contribution in [0.15, 0.2) is 36.5 Å². The van der Waals surface area contributed by atoms with Crippen molar-refractivity contribution in [3.05, 3.63) is 47.8 Å². The summed E-state index contributed by atoms with van der Waals surface area (Å²) in [6.45, 7) is 0.614. The van der Waals surface area contributed by atoms with E-state index >= 15 is 0 Å². The fraction of sp³-hybridized carbons (Fsp3) is 0.200. The average molecular weight is 271 g/mol. The summed E-state index contributed by atoms with van der Waals surface area (Å²) >= 11 is 0. The monoisotopic (exact) mass is 271 g/mol. The Bertz CT molecular complexity index is 613. The minimum absolute atomic E-state index is 0.172. The molecule has 20 heavy (non-hydrogen) atoms. The van der Waals surface area contributed by atoms with Crippen LogP contribution in [-0.4, -0.2) is 24.7 Å². The van der Waals surface area contributed by atoms with Crippen molar-refractivity contribution < 1.29 is 19.0 Å². The van der Waals surface area contributed by atoms with Gasteiger partial charge in [-0.2, -0.15) is 0 Å². The average Bonchev–Trinajstić information content (AvgIpc) is 2.94. The van der Waals surface area contributed by atoms with E-state index in [1.807, 2.05) is 18.2 Å². The van der Waals surface area contributed by atoms with Crippen molar-refractivity contribution in [3.8, 4) is 17.2 Å². The van der Waals surface area contributed by atoms with Crippen LogP contribution in [0.3, 0.4) is 0 Å². The minimum atomic E-state index is 0.172. The third-order valence-corrected chi connectivity index (χ3v) is 2.97. The van der Waals surface area contributed by atoms with E-state index in [0.717, 1.165) is 12.0 Å². The van der Waals surface area contributed by atoms with Crippen LogP contribution in [0.4, 0.5) is 0 Å². The van der Waals surface area contributed by atoms with Crippen LogP contribution in [0, 0.1) is 0 Å². The summed E-state index contributed by atoms with van der Waals surface area (Å²) in [6, 6.07) is 9.05. The highest BCUT2D eigenvalue weighted by Crippen LogP contribution is 2.37. The number of aldehydes is 1. The number of rotatable bonds is 5. The zero-order valence-corrected chi connectivity index (χ0v) is 10.7. The van der Waals surface area contributed by atoms with Crippen molar-refractivity contribution in [2.45, 2.75) is 6.42 Å². The molecule has 0 N–H and O–H groups in total. The molecule has 0 bridgehead atoms. The van der Waals surface area contributed by atoms with Gasteiger partial charge in [0.1, 0.15) is 5.75 Å². The second-order valence-electron chi connectivity index (χ2n) is 4.28. The number of hydrogen-bond donors (Lipinski definition) is 0. The fourth-order valence-electron chi connectivity index (χ4n) is 1.97. The van der Waals surface area contributed by atoms with Gasteiger partial charge in [-0.05, 0) is 18.2 Å². The molecule has 0 radical (unpaired) electrons. The molecule has 102 valence electrons. The smallest absolute Gasteiger partial charge is 0.231 e. The molecular formula is C15H13NO4. The molecule has 5 heteroatoms. The Labute approximate surface area is 116 Å². The molecule has 0 atom stereocenters. The van der Waals surface area contributed by atoms with Crippen molar-refractivity contribution in [2.75, 3.05) is 13.4 Å². The number of fused-ring (bicyclic) bond motifs is 1. The number of carbonyl (C=O) groups excluding carboxylic acids is 1. The molecule has 0 saturated heterocycles. The quantitative estimate of drug-likeness (QED) is 0.781. The van der Waals surface area contributed by atoms with Gasteiger partial charge in [0.05, 0.1) is 12.2 Å². The molecule has 0 spiro atoms. The molecule has 1 aromatic heterocycles. The van der Waals surface area contributed by atoms with Gasteiger partial charge in [-0.1, -0.05) is 6.07 Å². The van der Waals surface area contributed by atoms with E-state index in [0.29, 0.717) is 35.8 Å². The molecule has 0 saturated carbocycles. The highest BCUT2D eigenvalue weighted by Gasteiger charge is 2.17. The predicted molar refractivity (Wildman–Crippen MR) is 71.4 cm³/mol. The lowest BCUT2D eigenvalue weighted by Crippen LogP contribution is -2.04. The number of pyridine rings is 1. The number of carbonyl (C=O) groups is 1. The molecule has 0 aliphatic carbocycles. The van der Waals surface area contributed by atoms with Gasteiger partial charge in [-0.25, -0.2) is 0 Å². The van der Waals surface area contributed by atoms with Crippen LogP contribution in [-0.2, 0) is 6.42 Å². The highest BCUT2D eigenvalue weighted by molar-refractivity contribution is 5.81. The van der Waals surface area contributed by atoms with Gasteiger partial charge in [0.25, 0.3) is 0 Å². The normalized spacial score (nSPS) is 12.2. The van der Waals surface area contributed by atoms with Crippen LogP contribution in [0.1, 0.15) is 16.1 Å². The number of nitrogens with zero attached hydrogens (tertiary/aromatic N) is 1. The van der Waals surface area contributed by atoms with E-state index in [-0.39, 0.29) is 6.79 Å². The largest absolute Gasteiger partial charge is 0.492 e. The number of ether oxygens (including phenoxy) is 3. The van der Waals surface area contributed by atoms with Crippen LogP contribution in [0.25, 0.3) is 0 Å². The zero-order valence-electron chi connectivity index (χ0n) is 10.7. The van der Waals surface area contributed by atoms with E-state index in [9.17, 15) is 4.79 Å². The predicted octanol–water partition coefficient (Wildman–Crippen LogP) is 2.24. The Morgan fingerprint density at radius 1 is 1.25 bits per heavy atom. The Morgan fingerprint density at radius 2 is 2.10 bits per heavy atom. The SMILES string of the molecule is O=Cc1cc2c(cc1OCCc1ccccn1)OCO2. The Hall–Kier alpha value is -2.56. The first kappa shape index (κ1) is 12.5. The van der Waals surface area contributed by atoms with Gasteiger partial charge in [0.2, 0.25) is 6.79 Å². The highest BCUT2D eigenvalue weighted by atomic mass is 16.7. The summed E-state index contributed by atoms with van der Waals surface area (Å²) in [6.07, 6.45) is 3.17. The van der Waals surface area contributed by atoms with Gasteiger partial charge < -0.3 is 14.2 Å². The first-order valence-electron chi connectivity index (χ1n) is 6.28. The zero-order chi connectivity index (χ0) is 13.8. The summed E-state index contributed by atoms with van der Waals surface area (Å²) in [5.74, 6) is 1.67. The summed E-state index contributed by atoms with van der Waals surface area (Å²) in [5.41, 5.74) is 1.40. The van der Waals surface area contributed by atoms with E-state index < -0.39 is 0 Å². The lowest BCUT2D eigenvalue weighted by atomic mass is 10.2. The third-order valence-electron chi connectivity index (χ3n) is 2.97. The number of benzene rings is 1. The summed E-state index contributed by atoms with van der Waals surface area (Å²) in [4.78, 5) is 15.3. The Morgan fingerprint density at radius 3 is 2.85 bits per heavy atom. The summed E-state index contributed by atoms with van der Waals surface area (Å²) in [7, 11) is 0. The maximum absolute atomic E-state index is 11.1. The summed E-state index contributed by atoms with van der Waals surface area (Å²) < 4.78 is 16.1. The molecule has 0 unspecified atom stereocenters. The first-order valence-corrected chi connectivity index (χ1v) is 6.28. The Kier molecular flexibility index (Phi) is 3.50. The van der Waals surface area contributed by atoms with Crippen LogP contribution < -0.4 is 14.2 Å². The second kappa shape index (κ2) is 5.61. The maximum Gasteiger partial charge on any atom is 0.231 e. The van der Waals surface area contributed by atoms with Crippen molar-refractivity contribution in [2.24, 2.45) is 0 Å². The number of hydrogen-bond acceptors (Lipinski definition) is 5. The van der Waals surface area contributed by atoms with Crippen LogP contribution in [0.5, 0.6) is 17.2 Å². The van der Waals surface area contributed by atoms with Crippen molar-refractivity contribution in [1.82, 2.24) is 4.98 Å². The second-order valence-corrected chi connectivity index (χ2v) is 4.28. The van der Waals surface area contributed by atoms with E-state index in [2.05, 4.69) is 4.98 Å². The molecular weight excluding hydrogens is 258 g/mol. The van der Waals surface area contributed by atoms with Crippen molar-refractivity contribution in [1.29, 1.82) is 0 Å². The van der Waals surface area contributed by atoms with Crippen molar-refractivity contribution in [3.63, 3.8) is 0 Å². The lowest BCUT2D eigenvalue weighted by Gasteiger charge is -2.09. The number of aromatic nitrogens is 1. The van der Waals surface area contributed by atoms with Gasteiger partial charge in [0, 0.05) is 24.4 Å². The molecule has 2 aromatic rings. The van der Waals surface area contributed by atoms with Crippen molar-refractivity contribution >= 4 is 6.29 Å². The molecule has 1 aliphatic rings. The maximum atomic E-state index is 11.1. The fourth-order valence-corrected chi connectivity index (χ4v) is 1.97. The van der Waals surface area contributed by atoms with Gasteiger partial charge >= 0.3 is 0 Å². The van der Waals surface area contributed by atoms with E-state index in [1.54, 1.807) is 18.3 Å². The molecule has 2 heterocycles. The summed E-state index contributed by atoms with van der Waals surface area (Å²) in [5, 5.41) is 0. The van der Waals surface area contributed by atoms with Gasteiger partial charge in [-0.15, -0.1) is 0 Å². The topological polar surface area (TPSA) is 57.7 Å². The van der Waals surface area contributed by atoms with Gasteiger partial charge in [-0.3, -0.25) is 9.78 Å². The van der Waals surface area contributed by atoms with Crippen LogP contribution >= 0.6 is 0 Å². The van der Waals surface area contributed by atoms with E-state index in [4.69, 9.17) is 14.2 Å². The first-order chi connectivity index (χ1) is 9.86. The molecule has 0 fully saturated rings. The third kappa shape index (κ3) is 2.56. The Balaban J connectivity index is 1.69. The lowest BCUT2D eigenvalue weighted by molar-refractivity contribution is 0.111. The molecule has 1 aliphatic heterocycles. The van der Waals surface area contributed by atoms with E-state index in [1.165, 1.54) is 0 Å².